The average molecular weight is 382 g/mol. The van der Waals surface area contributed by atoms with Crippen molar-refractivity contribution in [2.24, 2.45) is 0 Å². The summed E-state index contributed by atoms with van der Waals surface area (Å²) in [6, 6.07) is 39.7. The standard InChI is InChI=1S/C26H25NP/c1-27(2)26(21-13-6-3-7-14-21)24-19-12-20-25(24)28(22-15-8-4-9-16-22)23-17-10-5-11-18-23/h3-20,26H,1-2H3/q-1/t26-/m1/s1. The Hall–Kier alpha value is -2.60. The first-order chi connectivity index (χ1) is 13.8. The van der Waals surface area contributed by atoms with E-state index in [-0.39, 0.29) is 6.04 Å². The van der Waals surface area contributed by atoms with Crippen molar-refractivity contribution >= 4 is 23.8 Å². The maximum absolute atomic E-state index is 2.32. The van der Waals surface area contributed by atoms with Crippen LogP contribution in [0.2, 0.25) is 0 Å². The van der Waals surface area contributed by atoms with Crippen molar-refractivity contribution in [3.05, 3.63) is 120 Å². The average Bonchev–Trinajstić information content (AvgIpc) is 3.19. The third-order valence-electron chi connectivity index (χ3n) is 5.02. The maximum atomic E-state index is 2.32. The Balaban J connectivity index is 1.87. The van der Waals surface area contributed by atoms with Gasteiger partial charge in [-0.05, 0) is 38.2 Å². The monoisotopic (exact) mass is 382 g/mol. The molecule has 0 heterocycles. The normalized spacial score (nSPS) is 12.4. The molecule has 0 aromatic heterocycles. The minimum atomic E-state index is -0.604. The molecule has 0 spiro atoms. The molecule has 0 aliphatic carbocycles. The van der Waals surface area contributed by atoms with Crippen LogP contribution in [0.3, 0.4) is 0 Å². The fourth-order valence-corrected chi connectivity index (χ4v) is 6.32. The highest BCUT2D eigenvalue weighted by Gasteiger charge is 2.20. The smallest absolute Gasteiger partial charge is 0.00524 e. The lowest BCUT2D eigenvalue weighted by Gasteiger charge is -2.34. The number of nitrogens with zero attached hydrogens (tertiary/aromatic N) is 1. The fourth-order valence-electron chi connectivity index (χ4n) is 3.83. The Labute approximate surface area is 169 Å². The van der Waals surface area contributed by atoms with Crippen LogP contribution in [0, 0.1) is 0 Å². The quantitative estimate of drug-likeness (QED) is 0.342. The summed E-state index contributed by atoms with van der Waals surface area (Å²) in [5.41, 5.74) is 2.73. The summed E-state index contributed by atoms with van der Waals surface area (Å²) in [7, 11) is 3.73. The van der Waals surface area contributed by atoms with Crippen molar-refractivity contribution in [1.29, 1.82) is 0 Å². The molecular weight excluding hydrogens is 357 g/mol. The van der Waals surface area contributed by atoms with Gasteiger partial charge in [-0.15, -0.1) is 5.30 Å². The molecule has 0 saturated carbocycles. The molecule has 4 rings (SSSR count). The molecule has 0 aliphatic heterocycles. The first kappa shape index (κ1) is 18.7. The molecule has 1 atom stereocenters. The van der Waals surface area contributed by atoms with Crippen LogP contribution in [-0.2, 0) is 0 Å². The maximum Gasteiger partial charge on any atom is 0.00524 e. The van der Waals surface area contributed by atoms with Gasteiger partial charge in [0, 0.05) is 6.04 Å². The van der Waals surface area contributed by atoms with Gasteiger partial charge < -0.3 is 4.90 Å². The molecule has 2 heteroatoms. The van der Waals surface area contributed by atoms with Crippen molar-refractivity contribution in [1.82, 2.24) is 4.90 Å². The SMILES string of the molecule is CN(C)[C@H](c1ccccc1)c1cc[cH-]c1P(c1ccccc1)c1ccccc1. The van der Waals surface area contributed by atoms with Crippen molar-refractivity contribution in [2.45, 2.75) is 6.04 Å². The molecule has 0 unspecified atom stereocenters. The van der Waals surface area contributed by atoms with E-state index >= 15 is 0 Å². The third-order valence-corrected chi connectivity index (χ3v) is 7.54. The third kappa shape index (κ3) is 3.83. The molecule has 28 heavy (non-hydrogen) atoms. The molecule has 0 saturated heterocycles. The second-order valence-electron chi connectivity index (χ2n) is 7.15. The van der Waals surface area contributed by atoms with Crippen molar-refractivity contribution in [2.75, 3.05) is 14.1 Å². The molecule has 1 nitrogen and oxygen atoms in total. The summed E-state index contributed by atoms with van der Waals surface area (Å²) >= 11 is 0. The molecule has 0 fully saturated rings. The second-order valence-corrected chi connectivity index (χ2v) is 9.34. The van der Waals surface area contributed by atoms with Crippen LogP contribution in [0.15, 0.2) is 109 Å². The zero-order chi connectivity index (χ0) is 19.3. The van der Waals surface area contributed by atoms with Crippen molar-refractivity contribution in [3.63, 3.8) is 0 Å². The minimum Gasteiger partial charge on any atom is -0.310 e. The topological polar surface area (TPSA) is 3.24 Å². The van der Waals surface area contributed by atoms with Crippen molar-refractivity contribution in [3.8, 4) is 0 Å². The number of benzene rings is 3. The van der Waals surface area contributed by atoms with Gasteiger partial charge in [0.15, 0.2) is 0 Å². The van der Waals surface area contributed by atoms with Gasteiger partial charge in [-0.3, -0.25) is 0 Å². The minimum absolute atomic E-state index is 0.239. The number of rotatable bonds is 6. The van der Waals surface area contributed by atoms with Gasteiger partial charge in [-0.1, -0.05) is 91.0 Å². The van der Waals surface area contributed by atoms with Gasteiger partial charge in [0.25, 0.3) is 0 Å². The van der Waals surface area contributed by atoms with E-state index in [1.165, 1.54) is 27.0 Å². The molecule has 0 aliphatic rings. The first-order valence-corrected chi connectivity index (χ1v) is 11.0. The molecule has 0 radical (unpaired) electrons. The first-order valence-electron chi connectivity index (χ1n) is 9.63. The second kappa shape index (κ2) is 8.61. The van der Waals surface area contributed by atoms with E-state index in [4.69, 9.17) is 0 Å². The fraction of sp³-hybridized carbons (Fsp3) is 0.115. The van der Waals surface area contributed by atoms with Crippen LogP contribution in [0.5, 0.6) is 0 Å². The number of hydrogen-bond acceptors (Lipinski definition) is 1. The predicted octanol–water partition coefficient (Wildman–Crippen LogP) is 4.81. The molecule has 0 bridgehead atoms. The summed E-state index contributed by atoms with van der Waals surface area (Å²) in [5, 5.41) is 4.22. The summed E-state index contributed by atoms with van der Waals surface area (Å²) in [6.07, 6.45) is 0. The summed E-state index contributed by atoms with van der Waals surface area (Å²) < 4.78 is 0. The summed E-state index contributed by atoms with van der Waals surface area (Å²) in [6.45, 7) is 0. The Morgan fingerprint density at radius 3 is 1.68 bits per heavy atom. The molecule has 4 aromatic rings. The van der Waals surface area contributed by atoms with Gasteiger partial charge in [-0.25, -0.2) is 6.07 Å². The van der Waals surface area contributed by atoms with Crippen LogP contribution in [-0.4, -0.2) is 19.0 Å². The Morgan fingerprint density at radius 2 is 1.18 bits per heavy atom. The van der Waals surface area contributed by atoms with E-state index in [9.17, 15) is 0 Å². The zero-order valence-electron chi connectivity index (χ0n) is 16.4. The highest BCUT2D eigenvalue weighted by molar-refractivity contribution is 7.79. The number of hydrogen-bond donors (Lipinski definition) is 0. The highest BCUT2D eigenvalue weighted by atomic mass is 31.1. The van der Waals surface area contributed by atoms with Gasteiger partial charge in [0.05, 0.1) is 0 Å². The molecule has 0 N–H and O–H groups in total. The molecule has 140 valence electrons. The molecule has 0 amide bonds. The van der Waals surface area contributed by atoms with Crippen LogP contribution in [0.4, 0.5) is 0 Å². The van der Waals surface area contributed by atoms with Crippen LogP contribution >= 0.6 is 7.92 Å². The summed E-state index contributed by atoms with van der Waals surface area (Å²) in [5.74, 6) is 0. The Kier molecular flexibility index (Phi) is 5.76. The van der Waals surface area contributed by atoms with Gasteiger partial charge in [0.2, 0.25) is 0 Å². The largest absolute Gasteiger partial charge is 0.310 e. The van der Waals surface area contributed by atoms with E-state index < -0.39 is 7.92 Å². The molecular formula is C26H25NP-. The highest BCUT2D eigenvalue weighted by Crippen LogP contribution is 2.38. The Morgan fingerprint density at radius 1 is 0.679 bits per heavy atom. The lowest BCUT2D eigenvalue weighted by molar-refractivity contribution is 0.344. The van der Waals surface area contributed by atoms with E-state index in [1.807, 2.05) is 0 Å². The predicted molar refractivity (Wildman–Crippen MR) is 123 cm³/mol. The van der Waals surface area contributed by atoms with E-state index in [0.717, 1.165) is 0 Å². The van der Waals surface area contributed by atoms with Crippen LogP contribution < -0.4 is 15.9 Å². The lowest BCUT2D eigenvalue weighted by Crippen LogP contribution is -2.28. The summed E-state index contributed by atoms with van der Waals surface area (Å²) in [4.78, 5) is 2.32. The van der Waals surface area contributed by atoms with E-state index in [1.54, 1.807) is 0 Å². The van der Waals surface area contributed by atoms with Gasteiger partial charge in [-0.2, -0.15) is 17.7 Å². The van der Waals surface area contributed by atoms with E-state index in [0.29, 0.717) is 0 Å². The van der Waals surface area contributed by atoms with E-state index in [2.05, 4.69) is 128 Å². The zero-order valence-corrected chi connectivity index (χ0v) is 17.3. The van der Waals surface area contributed by atoms with Gasteiger partial charge >= 0.3 is 0 Å². The van der Waals surface area contributed by atoms with Crippen LogP contribution in [0.1, 0.15) is 17.2 Å². The molecule has 4 aromatic carbocycles. The lowest BCUT2D eigenvalue weighted by atomic mass is 10.00. The van der Waals surface area contributed by atoms with Crippen LogP contribution in [0.25, 0.3) is 0 Å². The van der Waals surface area contributed by atoms with Gasteiger partial charge in [0.1, 0.15) is 0 Å². The van der Waals surface area contributed by atoms with Crippen molar-refractivity contribution < 1.29 is 0 Å². The Bertz CT molecular complexity index is 951.